The van der Waals surface area contributed by atoms with Gasteiger partial charge in [0.2, 0.25) is 18.2 Å². The maximum atomic E-state index is 13.4. The number of nitrogens with zero attached hydrogens (tertiary/aromatic N) is 3. The second-order valence-corrected chi connectivity index (χ2v) is 11.3. The van der Waals surface area contributed by atoms with Crippen LogP contribution in [0.4, 0.5) is 14.5 Å². The number of carbonyl (C=O) groups is 3. The van der Waals surface area contributed by atoms with E-state index >= 15 is 0 Å². The minimum absolute atomic E-state index is 0.0855. The van der Waals surface area contributed by atoms with E-state index in [1.54, 1.807) is 4.90 Å². The van der Waals surface area contributed by atoms with Crippen LogP contribution in [0, 0.1) is 5.92 Å². The number of nitrogens with one attached hydrogen (secondary N) is 1. The Labute approximate surface area is 217 Å². The van der Waals surface area contributed by atoms with Crippen LogP contribution in [-0.4, -0.2) is 72.2 Å². The van der Waals surface area contributed by atoms with Crippen molar-refractivity contribution in [3.63, 3.8) is 0 Å². The van der Waals surface area contributed by atoms with Crippen molar-refractivity contribution in [2.45, 2.75) is 95.3 Å². The first-order valence-electron chi connectivity index (χ1n) is 13.8. The molecular weight excluding hydrogens is 478 g/mol. The van der Waals surface area contributed by atoms with Gasteiger partial charge in [-0.25, -0.2) is 8.78 Å². The average Bonchev–Trinajstić information content (AvgIpc) is 3.65. The molecule has 2 aliphatic carbocycles. The van der Waals surface area contributed by atoms with Crippen molar-refractivity contribution in [1.29, 1.82) is 0 Å². The third kappa shape index (κ3) is 5.81. The van der Waals surface area contributed by atoms with Gasteiger partial charge in [-0.1, -0.05) is 18.9 Å². The van der Waals surface area contributed by atoms with Crippen molar-refractivity contribution in [1.82, 2.24) is 15.1 Å². The summed E-state index contributed by atoms with van der Waals surface area (Å²) in [5, 5.41) is 2.38. The van der Waals surface area contributed by atoms with Gasteiger partial charge in [-0.2, -0.15) is 0 Å². The zero-order chi connectivity index (χ0) is 26.1. The second-order valence-electron chi connectivity index (χ2n) is 11.3. The van der Waals surface area contributed by atoms with E-state index in [2.05, 4.69) is 21.2 Å². The monoisotopic (exact) mass is 516 g/mol. The van der Waals surface area contributed by atoms with Gasteiger partial charge in [0.15, 0.2) is 0 Å². The Morgan fingerprint density at radius 2 is 1.73 bits per heavy atom. The molecule has 0 bridgehead atoms. The molecule has 0 aromatic heterocycles. The molecule has 1 saturated heterocycles. The molecule has 202 valence electrons. The number of hydrogen-bond donors (Lipinski definition) is 1. The van der Waals surface area contributed by atoms with Gasteiger partial charge in [-0.3, -0.25) is 19.7 Å². The van der Waals surface area contributed by atoms with Crippen LogP contribution in [-0.2, 0) is 16.1 Å². The number of fused-ring (bicyclic) bond motifs is 1. The molecule has 1 atom stereocenters. The summed E-state index contributed by atoms with van der Waals surface area (Å²) in [5.74, 6) is -0.0397. The molecule has 0 radical (unpaired) electrons. The predicted molar refractivity (Wildman–Crippen MR) is 136 cm³/mol. The highest BCUT2D eigenvalue weighted by molar-refractivity contribution is 6.06. The number of alkyl halides is 2. The average molecular weight is 517 g/mol. The Morgan fingerprint density at radius 3 is 2.41 bits per heavy atom. The molecule has 37 heavy (non-hydrogen) atoms. The van der Waals surface area contributed by atoms with Crippen molar-refractivity contribution in [3.8, 4) is 0 Å². The topological polar surface area (TPSA) is 73.0 Å². The first kappa shape index (κ1) is 26.1. The van der Waals surface area contributed by atoms with Gasteiger partial charge < -0.3 is 14.7 Å². The van der Waals surface area contributed by atoms with E-state index in [0.29, 0.717) is 37.2 Å². The van der Waals surface area contributed by atoms with E-state index in [0.717, 1.165) is 55.8 Å². The molecule has 3 fully saturated rings. The SMILES string of the molecule is CN(CCC(F)F)C1CCC(N(CCC2CC2)c2cccc3c2CN(C2CCC(=O)NC2=O)C3=O)CC1. The van der Waals surface area contributed by atoms with Gasteiger partial charge >= 0.3 is 0 Å². The van der Waals surface area contributed by atoms with Crippen molar-refractivity contribution >= 4 is 23.4 Å². The summed E-state index contributed by atoms with van der Waals surface area (Å²) in [5.41, 5.74) is 2.71. The summed E-state index contributed by atoms with van der Waals surface area (Å²) in [6.07, 6.45) is 5.86. The largest absolute Gasteiger partial charge is 0.368 e. The number of amides is 3. The number of hydrogen-bond acceptors (Lipinski definition) is 5. The Hall–Kier alpha value is -2.55. The molecule has 1 aromatic carbocycles. The van der Waals surface area contributed by atoms with E-state index in [9.17, 15) is 23.2 Å². The normalized spacial score (nSPS) is 26.1. The van der Waals surface area contributed by atoms with Gasteiger partial charge in [0.05, 0.1) is 0 Å². The maximum absolute atomic E-state index is 13.4. The first-order valence-corrected chi connectivity index (χ1v) is 13.8. The van der Waals surface area contributed by atoms with E-state index in [-0.39, 0.29) is 30.6 Å². The number of rotatable bonds is 10. The lowest BCUT2D eigenvalue weighted by Crippen LogP contribution is -2.52. The number of imide groups is 1. The minimum atomic E-state index is -2.26. The molecule has 5 rings (SSSR count). The highest BCUT2D eigenvalue weighted by Crippen LogP contribution is 2.39. The van der Waals surface area contributed by atoms with Crippen molar-refractivity contribution in [3.05, 3.63) is 29.3 Å². The molecule has 1 unspecified atom stereocenters. The first-order chi connectivity index (χ1) is 17.8. The van der Waals surface area contributed by atoms with Crippen LogP contribution in [0.25, 0.3) is 0 Å². The lowest BCUT2D eigenvalue weighted by Gasteiger charge is -2.41. The fraction of sp³-hybridized carbons (Fsp3) is 0.679. The summed E-state index contributed by atoms with van der Waals surface area (Å²) in [4.78, 5) is 43.7. The van der Waals surface area contributed by atoms with Crippen LogP contribution in [0.2, 0.25) is 0 Å². The maximum Gasteiger partial charge on any atom is 0.255 e. The Bertz CT molecular complexity index is 1020. The zero-order valence-electron chi connectivity index (χ0n) is 21.6. The Kier molecular flexibility index (Phi) is 7.79. The summed E-state index contributed by atoms with van der Waals surface area (Å²) >= 11 is 0. The molecule has 2 saturated carbocycles. The summed E-state index contributed by atoms with van der Waals surface area (Å²) in [6.45, 7) is 1.73. The molecule has 7 nitrogen and oxygen atoms in total. The fourth-order valence-corrected chi connectivity index (χ4v) is 6.36. The fourth-order valence-electron chi connectivity index (χ4n) is 6.36. The lowest BCUT2D eigenvalue weighted by atomic mass is 9.88. The number of halogens is 2. The van der Waals surface area contributed by atoms with Gasteiger partial charge in [0.1, 0.15) is 6.04 Å². The molecule has 1 aromatic rings. The van der Waals surface area contributed by atoms with Crippen LogP contribution >= 0.6 is 0 Å². The molecule has 3 amide bonds. The number of carbonyl (C=O) groups excluding carboxylic acids is 3. The molecule has 2 aliphatic heterocycles. The van der Waals surface area contributed by atoms with Gasteiger partial charge in [0.25, 0.3) is 5.91 Å². The van der Waals surface area contributed by atoms with Gasteiger partial charge in [-0.05, 0) is 63.6 Å². The summed E-state index contributed by atoms with van der Waals surface area (Å²) in [6, 6.07) is 5.93. The Balaban J connectivity index is 1.32. The highest BCUT2D eigenvalue weighted by Gasteiger charge is 2.41. The molecular formula is C28H38F2N4O3. The van der Waals surface area contributed by atoms with Crippen molar-refractivity contribution < 1.29 is 23.2 Å². The highest BCUT2D eigenvalue weighted by atomic mass is 19.3. The predicted octanol–water partition coefficient (Wildman–Crippen LogP) is 3.95. The Morgan fingerprint density at radius 1 is 1.00 bits per heavy atom. The van der Waals surface area contributed by atoms with Crippen molar-refractivity contribution in [2.75, 3.05) is 25.0 Å². The van der Waals surface area contributed by atoms with Crippen LogP contribution in [0.5, 0.6) is 0 Å². The van der Waals surface area contributed by atoms with Crippen LogP contribution in [0.3, 0.4) is 0 Å². The smallest absolute Gasteiger partial charge is 0.255 e. The quantitative estimate of drug-likeness (QED) is 0.477. The molecule has 9 heteroatoms. The standard InChI is InChI=1S/C28H38F2N4O3/c1-32(15-14-25(29)30)19-7-9-20(10-8-19)33(16-13-18-5-6-18)23-4-2-3-21-22(23)17-34(28(21)37)24-11-12-26(35)31-27(24)36/h2-4,18-20,24-25H,5-17H2,1H3,(H,31,35,36). The molecule has 2 heterocycles. The lowest BCUT2D eigenvalue weighted by molar-refractivity contribution is -0.136. The minimum Gasteiger partial charge on any atom is -0.368 e. The van der Waals surface area contributed by atoms with Crippen LogP contribution < -0.4 is 10.2 Å². The number of piperidine rings is 1. The molecule has 0 spiro atoms. The van der Waals surface area contributed by atoms with E-state index in [1.807, 2.05) is 19.2 Å². The van der Waals surface area contributed by atoms with Gasteiger partial charge in [-0.15, -0.1) is 0 Å². The van der Waals surface area contributed by atoms with Crippen LogP contribution in [0.1, 0.15) is 80.1 Å². The van der Waals surface area contributed by atoms with E-state index in [4.69, 9.17) is 0 Å². The van der Waals surface area contributed by atoms with Gasteiger partial charge in [0, 0.05) is 61.4 Å². The zero-order valence-corrected chi connectivity index (χ0v) is 21.6. The third-order valence-electron chi connectivity index (χ3n) is 8.77. The summed E-state index contributed by atoms with van der Waals surface area (Å²) < 4.78 is 25.4. The van der Waals surface area contributed by atoms with E-state index < -0.39 is 12.5 Å². The molecule has 4 aliphatic rings. The number of anilines is 1. The molecule has 1 N–H and O–H groups in total. The van der Waals surface area contributed by atoms with Crippen molar-refractivity contribution in [2.24, 2.45) is 5.92 Å². The van der Waals surface area contributed by atoms with Crippen LogP contribution in [0.15, 0.2) is 18.2 Å². The second kappa shape index (κ2) is 11.1. The van der Waals surface area contributed by atoms with E-state index in [1.165, 1.54) is 12.8 Å². The summed E-state index contributed by atoms with van der Waals surface area (Å²) in [7, 11) is 1.96. The third-order valence-corrected chi connectivity index (χ3v) is 8.77. The number of benzene rings is 1.